The van der Waals surface area contributed by atoms with Crippen LogP contribution in [-0.2, 0) is 10.8 Å². The van der Waals surface area contributed by atoms with Crippen molar-refractivity contribution in [1.29, 1.82) is 0 Å². The molecule has 0 bridgehead atoms. The van der Waals surface area contributed by atoms with E-state index < -0.39 is 16.8 Å². The summed E-state index contributed by atoms with van der Waals surface area (Å²) in [7, 11) is -0.841. The minimum absolute atomic E-state index is 0.179. The average molecular weight is 256 g/mol. The predicted octanol–water partition coefficient (Wildman–Crippen LogP) is 1.15. The number of nitrogens with two attached hydrogens (primary N) is 1. The molecule has 5 nitrogen and oxygen atoms in total. The number of aromatic carboxylic acids is 1. The first kappa shape index (κ1) is 13.5. The van der Waals surface area contributed by atoms with E-state index in [2.05, 4.69) is 5.32 Å². The largest absolute Gasteiger partial charge is 0.478 e. The summed E-state index contributed by atoms with van der Waals surface area (Å²) in [4.78, 5) is 10.8. The molecule has 0 saturated heterocycles. The Bertz CT molecular complexity index is 435. The monoisotopic (exact) mass is 256 g/mol. The molecule has 0 fully saturated rings. The van der Waals surface area contributed by atoms with Gasteiger partial charge in [-0.15, -0.1) is 0 Å². The summed E-state index contributed by atoms with van der Waals surface area (Å²) in [5.41, 5.74) is 6.94. The highest BCUT2D eigenvalue weighted by Crippen LogP contribution is 2.19. The normalized spacial score (nSPS) is 12.1. The zero-order valence-electron chi connectivity index (χ0n) is 9.60. The third kappa shape index (κ3) is 4.07. The van der Waals surface area contributed by atoms with Crippen LogP contribution in [0.5, 0.6) is 0 Å². The molecule has 0 spiro atoms. The lowest BCUT2D eigenvalue weighted by atomic mass is 10.2. The molecule has 0 amide bonds. The van der Waals surface area contributed by atoms with Gasteiger partial charge in [0.05, 0.1) is 16.9 Å². The van der Waals surface area contributed by atoms with Gasteiger partial charge in [-0.1, -0.05) is 6.92 Å². The fourth-order valence-corrected chi connectivity index (χ4v) is 1.90. The topological polar surface area (TPSA) is 92.4 Å². The number of nitrogens with one attached hydrogen (secondary N) is 1. The smallest absolute Gasteiger partial charge is 0.335 e. The maximum absolute atomic E-state index is 11.2. The first-order valence-corrected chi connectivity index (χ1v) is 6.75. The minimum atomic E-state index is -0.995. The zero-order chi connectivity index (χ0) is 12.8. The Labute approximate surface area is 102 Å². The van der Waals surface area contributed by atoms with Gasteiger partial charge in [-0.3, -0.25) is 4.21 Å². The van der Waals surface area contributed by atoms with Crippen molar-refractivity contribution in [3.63, 3.8) is 0 Å². The third-order valence-electron chi connectivity index (χ3n) is 2.27. The Hall–Kier alpha value is -1.56. The van der Waals surface area contributed by atoms with Crippen LogP contribution in [0.25, 0.3) is 0 Å². The van der Waals surface area contributed by atoms with Gasteiger partial charge < -0.3 is 16.2 Å². The second-order valence-electron chi connectivity index (χ2n) is 3.47. The Kier molecular flexibility index (Phi) is 4.96. The Morgan fingerprint density at radius 2 is 2.24 bits per heavy atom. The van der Waals surface area contributed by atoms with Crippen LogP contribution in [0, 0.1) is 0 Å². The summed E-state index contributed by atoms with van der Waals surface area (Å²) in [5, 5.41) is 11.8. The second kappa shape index (κ2) is 6.24. The SMILES string of the molecule is CCS(=O)CCNc1cc(C(=O)O)ccc1N. The molecular weight excluding hydrogens is 240 g/mol. The van der Waals surface area contributed by atoms with Gasteiger partial charge >= 0.3 is 5.97 Å². The fourth-order valence-electron chi connectivity index (χ4n) is 1.29. The molecule has 0 aromatic heterocycles. The molecule has 1 aromatic carbocycles. The van der Waals surface area contributed by atoms with Crippen LogP contribution >= 0.6 is 0 Å². The lowest BCUT2D eigenvalue weighted by Gasteiger charge is -2.09. The van der Waals surface area contributed by atoms with Crippen molar-refractivity contribution in [1.82, 2.24) is 0 Å². The van der Waals surface area contributed by atoms with E-state index >= 15 is 0 Å². The molecule has 4 N–H and O–H groups in total. The fraction of sp³-hybridized carbons (Fsp3) is 0.364. The van der Waals surface area contributed by atoms with Crippen LogP contribution in [0.4, 0.5) is 11.4 Å². The van der Waals surface area contributed by atoms with Gasteiger partial charge in [-0.2, -0.15) is 0 Å². The molecule has 1 atom stereocenters. The Balaban J connectivity index is 2.66. The lowest BCUT2D eigenvalue weighted by Crippen LogP contribution is -2.13. The Morgan fingerprint density at radius 3 is 2.82 bits per heavy atom. The van der Waals surface area contributed by atoms with E-state index in [1.54, 1.807) is 6.07 Å². The molecule has 0 heterocycles. The van der Waals surface area contributed by atoms with Crippen LogP contribution in [0.1, 0.15) is 17.3 Å². The quantitative estimate of drug-likeness (QED) is 0.664. The number of hydrogen-bond donors (Lipinski definition) is 3. The maximum Gasteiger partial charge on any atom is 0.335 e. The van der Waals surface area contributed by atoms with Crippen molar-refractivity contribution in [3.8, 4) is 0 Å². The van der Waals surface area contributed by atoms with Crippen LogP contribution in [-0.4, -0.2) is 33.3 Å². The van der Waals surface area contributed by atoms with Gasteiger partial charge in [0.15, 0.2) is 0 Å². The summed E-state index contributed by atoms with van der Waals surface area (Å²) in [6.45, 7) is 2.36. The lowest BCUT2D eigenvalue weighted by molar-refractivity contribution is 0.0697. The van der Waals surface area contributed by atoms with Gasteiger partial charge in [0.25, 0.3) is 0 Å². The summed E-state index contributed by atoms with van der Waals surface area (Å²) >= 11 is 0. The van der Waals surface area contributed by atoms with Crippen molar-refractivity contribution in [2.24, 2.45) is 0 Å². The first-order valence-electron chi connectivity index (χ1n) is 5.26. The van der Waals surface area contributed by atoms with Crippen LogP contribution in [0.15, 0.2) is 18.2 Å². The van der Waals surface area contributed by atoms with Gasteiger partial charge in [0.1, 0.15) is 0 Å². The van der Waals surface area contributed by atoms with Gasteiger partial charge in [0.2, 0.25) is 0 Å². The van der Waals surface area contributed by atoms with E-state index in [0.717, 1.165) is 0 Å². The number of carboxylic acids is 1. The number of nitrogen functional groups attached to an aromatic ring is 1. The van der Waals surface area contributed by atoms with Crippen LogP contribution in [0.2, 0.25) is 0 Å². The zero-order valence-corrected chi connectivity index (χ0v) is 10.4. The Morgan fingerprint density at radius 1 is 1.53 bits per heavy atom. The van der Waals surface area contributed by atoms with Crippen LogP contribution < -0.4 is 11.1 Å². The predicted molar refractivity (Wildman–Crippen MR) is 69.9 cm³/mol. The van der Waals surface area contributed by atoms with Crippen molar-refractivity contribution >= 4 is 28.1 Å². The summed E-state index contributed by atoms with van der Waals surface area (Å²) in [6.07, 6.45) is 0. The molecule has 0 radical (unpaired) electrons. The summed E-state index contributed by atoms with van der Waals surface area (Å²) < 4.78 is 11.2. The second-order valence-corrected chi connectivity index (χ2v) is 5.33. The maximum atomic E-state index is 11.2. The van der Waals surface area contributed by atoms with E-state index in [1.165, 1.54) is 12.1 Å². The van der Waals surface area contributed by atoms with Gasteiger partial charge in [-0.05, 0) is 18.2 Å². The highest BCUT2D eigenvalue weighted by atomic mass is 32.2. The van der Waals surface area contributed by atoms with Crippen molar-refractivity contribution in [3.05, 3.63) is 23.8 Å². The van der Waals surface area contributed by atoms with Gasteiger partial charge in [0, 0.05) is 28.9 Å². The molecule has 0 saturated carbocycles. The highest BCUT2D eigenvalue weighted by molar-refractivity contribution is 7.84. The van der Waals surface area contributed by atoms with Gasteiger partial charge in [-0.25, -0.2) is 4.79 Å². The van der Waals surface area contributed by atoms with Crippen molar-refractivity contribution in [2.75, 3.05) is 29.1 Å². The minimum Gasteiger partial charge on any atom is -0.478 e. The van der Waals surface area contributed by atoms with E-state index in [-0.39, 0.29) is 5.56 Å². The molecule has 1 unspecified atom stereocenters. The molecule has 1 rings (SSSR count). The van der Waals surface area contributed by atoms with E-state index in [9.17, 15) is 9.00 Å². The number of carbonyl (C=O) groups is 1. The highest BCUT2D eigenvalue weighted by Gasteiger charge is 2.06. The van der Waals surface area contributed by atoms with E-state index in [1.807, 2.05) is 6.92 Å². The van der Waals surface area contributed by atoms with E-state index in [0.29, 0.717) is 29.4 Å². The van der Waals surface area contributed by atoms with E-state index in [4.69, 9.17) is 10.8 Å². The summed E-state index contributed by atoms with van der Waals surface area (Å²) in [5.74, 6) is 0.143. The number of hydrogen-bond acceptors (Lipinski definition) is 4. The van der Waals surface area contributed by atoms with Crippen molar-refractivity contribution < 1.29 is 14.1 Å². The molecule has 1 aromatic rings. The summed E-state index contributed by atoms with van der Waals surface area (Å²) in [6, 6.07) is 4.47. The molecule has 94 valence electrons. The number of carboxylic acid groups (broad SMARTS) is 1. The standard InChI is InChI=1S/C11H16N2O3S/c1-2-17(16)6-5-13-10-7-8(11(14)15)3-4-9(10)12/h3-4,7,13H,2,5-6,12H2,1H3,(H,14,15). The third-order valence-corrected chi connectivity index (χ3v) is 3.57. The number of anilines is 2. The molecule has 0 aliphatic rings. The first-order chi connectivity index (χ1) is 8.04. The van der Waals surface area contributed by atoms with Crippen molar-refractivity contribution in [2.45, 2.75) is 6.92 Å². The average Bonchev–Trinajstić information content (AvgIpc) is 2.30. The molecule has 6 heteroatoms. The molecular formula is C11H16N2O3S. The molecule has 0 aliphatic carbocycles. The number of benzene rings is 1. The molecule has 17 heavy (non-hydrogen) atoms. The molecule has 0 aliphatic heterocycles. The van der Waals surface area contributed by atoms with Crippen LogP contribution in [0.3, 0.4) is 0 Å². The number of rotatable bonds is 6.